The fraction of sp³-hybridized carbons (Fsp3) is 0.273. The summed E-state index contributed by atoms with van der Waals surface area (Å²) in [5.41, 5.74) is 2.33. The van der Waals surface area contributed by atoms with Crippen molar-refractivity contribution < 1.29 is 9.50 Å². The number of nitrogens with zero attached hydrogens (tertiary/aromatic N) is 2. The first kappa shape index (κ1) is 19.6. The van der Waals surface area contributed by atoms with Crippen LogP contribution in [0.5, 0.6) is 0 Å². The molecule has 2 aromatic heterocycles. The molecule has 1 aliphatic carbocycles. The Morgan fingerprint density at radius 1 is 1.10 bits per heavy atom. The molecular weight excluding hydrogens is 391 g/mol. The van der Waals surface area contributed by atoms with Gasteiger partial charge in [-0.25, -0.2) is 14.4 Å². The molecule has 7 heteroatoms. The van der Waals surface area contributed by atoms with E-state index >= 15 is 0 Å². The zero-order valence-corrected chi connectivity index (χ0v) is 16.5. The zero-order chi connectivity index (χ0) is 20.2. The van der Waals surface area contributed by atoms with Gasteiger partial charge < -0.3 is 15.7 Å². The summed E-state index contributed by atoms with van der Waals surface area (Å²) in [5.74, 6) is 1.13. The van der Waals surface area contributed by atoms with Gasteiger partial charge in [-0.05, 0) is 55.2 Å². The first-order valence-electron chi connectivity index (χ1n) is 9.63. The minimum Gasteiger partial charge on any atom is -0.393 e. The number of aromatic nitrogens is 2. The largest absolute Gasteiger partial charge is 0.393 e. The fourth-order valence-corrected chi connectivity index (χ4v) is 3.73. The Morgan fingerprint density at radius 2 is 1.97 bits per heavy atom. The van der Waals surface area contributed by atoms with Gasteiger partial charge in [0.05, 0.1) is 16.8 Å². The molecule has 4 rings (SSSR count). The van der Waals surface area contributed by atoms with E-state index in [2.05, 4.69) is 20.6 Å². The Labute approximate surface area is 174 Å². The quantitative estimate of drug-likeness (QED) is 0.538. The van der Waals surface area contributed by atoms with Crippen molar-refractivity contribution in [3.63, 3.8) is 0 Å². The molecule has 5 nitrogen and oxygen atoms in total. The van der Waals surface area contributed by atoms with Crippen molar-refractivity contribution in [2.45, 2.75) is 38.0 Å². The second-order valence-corrected chi connectivity index (χ2v) is 7.66. The van der Waals surface area contributed by atoms with Gasteiger partial charge in [-0.1, -0.05) is 29.8 Å². The molecule has 0 unspecified atom stereocenters. The summed E-state index contributed by atoms with van der Waals surface area (Å²) < 4.78 is 13.3. The Kier molecular flexibility index (Phi) is 5.92. The molecule has 0 amide bonds. The van der Waals surface area contributed by atoms with Crippen LogP contribution in [-0.4, -0.2) is 27.2 Å². The molecule has 0 bridgehead atoms. The maximum absolute atomic E-state index is 13.3. The monoisotopic (exact) mass is 412 g/mol. The first-order valence-corrected chi connectivity index (χ1v) is 10.0. The molecule has 3 aromatic rings. The predicted octanol–water partition coefficient (Wildman–Crippen LogP) is 4.87. The number of halogens is 2. The summed E-state index contributed by atoms with van der Waals surface area (Å²) in [6, 6.07) is 14.2. The summed E-state index contributed by atoms with van der Waals surface area (Å²) in [5, 5.41) is 16.8. The molecule has 2 heterocycles. The number of hydrogen-bond acceptors (Lipinski definition) is 5. The molecule has 1 aromatic carbocycles. The normalized spacial score (nSPS) is 18.6. The molecular formula is C22H22ClFN4O. The summed E-state index contributed by atoms with van der Waals surface area (Å²) in [7, 11) is 0. The van der Waals surface area contributed by atoms with Crippen LogP contribution >= 0.6 is 11.6 Å². The van der Waals surface area contributed by atoms with Crippen molar-refractivity contribution in [3.8, 4) is 11.3 Å². The third-order valence-corrected chi connectivity index (χ3v) is 5.30. The van der Waals surface area contributed by atoms with Gasteiger partial charge in [0.25, 0.3) is 0 Å². The smallest absolute Gasteiger partial charge is 0.126 e. The van der Waals surface area contributed by atoms with Gasteiger partial charge in [0.2, 0.25) is 0 Å². The molecule has 1 saturated carbocycles. The molecule has 0 radical (unpaired) electrons. The molecule has 1 fully saturated rings. The van der Waals surface area contributed by atoms with Crippen molar-refractivity contribution in [1.29, 1.82) is 0 Å². The van der Waals surface area contributed by atoms with Crippen LogP contribution in [0.4, 0.5) is 16.0 Å². The number of rotatable bonds is 6. The van der Waals surface area contributed by atoms with Crippen molar-refractivity contribution in [1.82, 2.24) is 9.97 Å². The van der Waals surface area contributed by atoms with Crippen LogP contribution in [0.1, 0.15) is 24.8 Å². The Hall–Kier alpha value is -2.70. The van der Waals surface area contributed by atoms with E-state index in [0.717, 1.165) is 36.1 Å². The molecule has 2 atom stereocenters. The molecule has 150 valence electrons. The van der Waals surface area contributed by atoms with Crippen molar-refractivity contribution >= 4 is 23.2 Å². The Bertz CT molecular complexity index is 1000. The molecule has 3 N–H and O–H groups in total. The van der Waals surface area contributed by atoms with Gasteiger partial charge >= 0.3 is 0 Å². The lowest BCUT2D eigenvalue weighted by Crippen LogP contribution is -2.17. The van der Waals surface area contributed by atoms with E-state index in [1.54, 1.807) is 12.3 Å². The van der Waals surface area contributed by atoms with E-state index in [1.165, 1.54) is 12.1 Å². The Balaban J connectivity index is 1.50. The highest BCUT2D eigenvalue weighted by atomic mass is 35.5. The van der Waals surface area contributed by atoms with E-state index in [0.29, 0.717) is 23.2 Å². The van der Waals surface area contributed by atoms with Gasteiger partial charge in [0, 0.05) is 24.3 Å². The summed E-state index contributed by atoms with van der Waals surface area (Å²) in [6.45, 7) is 0.467. The second-order valence-electron chi connectivity index (χ2n) is 7.25. The summed E-state index contributed by atoms with van der Waals surface area (Å²) in [4.78, 5) is 9.00. The number of benzene rings is 1. The van der Waals surface area contributed by atoms with E-state index in [9.17, 15) is 9.50 Å². The summed E-state index contributed by atoms with van der Waals surface area (Å²) in [6.07, 6.45) is 3.80. The molecule has 1 aliphatic rings. The zero-order valence-electron chi connectivity index (χ0n) is 15.8. The average molecular weight is 413 g/mol. The number of pyridine rings is 2. The number of anilines is 2. The number of aliphatic hydroxyl groups excluding tert-OH is 1. The van der Waals surface area contributed by atoms with Gasteiger partial charge in [0.15, 0.2) is 0 Å². The van der Waals surface area contributed by atoms with E-state index < -0.39 is 0 Å². The van der Waals surface area contributed by atoms with Crippen LogP contribution in [0, 0.1) is 5.82 Å². The van der Waals surface area contributed by atoms with Gasteiger partial charge in [-0.2, -0.15) is 0 Å². The third-order valence-electron chi connectivity index (χ3n) is 5.00. The predicted molar refractivity (Wildman–Crippen MR) is 113 cm³/mol. The minimum absolute atomic E-state index is 0.207. The lowest BCUT2D eigenvalue weighted by atomic mass is 10.1. The van der Waals surface area contributed by atoms with Crippen molar-refractivity contribution in [2.75, 3.05) is 10.6 Å². The van der Waals surface area contributed by atoms with Crippen LogP contribution in [-0.2, 0) is 6.54 Å². The highest BCUT2D eigenvalue weighted by molar-refractivity contribution is 6.33. The topological polar surface area (TPSA) is 70.1 Å². The lowest BCUT2D eigenvalue weighted by molar-refractivity contribution is 0.182. The minimum atomic E-state index is -0.260. The number of aliphatic hydroxyl groups is 1. The van der Waals surface area contributed by atoms with Crippen LogP contribution in [0.25, 0.3) is 11.3 Å². The molecule has 0 saturated heterocycles. The maximum atomic E-state index is 13.3. The van der Waals surface area contributed by atoms with Gasteiger partial charge in [0.1, 0.15) is 17.5 Å². The number of nitrogens with one attached hydrogen (secondary N) is 2. The second kappa shape index (κ2) is 8.76. The van der Waals surface area contributed by atoms with E-state index in [4.69, 9.17) is 11.6 Å². The van der Waals surface area contributed by atoms with E-state index in [-0.39, 0.29) is 18.0 Å². The number of hydrogen-bond donors (Lipinski definition) is 3. The Morgan fingerprint density at radius 3 is 2.76 bits per heavy atom. The van der Waals surface area contributed by atoms with Crippen LogP contribution in [0.3, 0.4) is 0 Å². The average Bonchev–Trinajstić information content (AvgIpc) is 3.13. The molecule has 0 spiro atoms. The molecule has 0 aliphatic heterocycles. The highest BCUT2D eigenvalue weighted by Crippen LogP contribution is 2.30. The third kappa shape index (κ3) is 5.02. The maximum Gasteiger partial charge on any atom is 0.126 e. The van der Waals surface area contributed by atoms with Crippen LogP contribution < -0.4 is 10.6 Å². The fourth-order valence-electron chi connectivity index (χ4n) is 3.53. The van der Waals surface area contributed by atoms with Crippen molar-refractivity contribution in [3.05, 3.63) is 71.1 Å². The standard InChI is InChI=1S/C22H22ClFN4O/c23-19-13-26-22(27-16-7-8-17(29)10-16)11-18(19)20-5-2-6-21(28-20)25-12-14-3-1-4-15(24)9-14/h1-6,9,11,13,16-17,29H,7-8,10,12H2,(H,25,28)(H,26,27)/t16-,17+/m0/s1. The lowest BCUT2D eigenvalue weighted by Gasteiger charge is -2.14. The van der Waals surface area contributed by atoms with Crippen LogP contribution in [0.15, 0.2) is 54.7 Å². The molecule has 29 heavy (non-hydrogen) atoms. The first-order chi connectivity index (χ1) is 14.1. The van der Waals surface area contributed by atoms with Crippen LogP contribution in [0.2, 0.25) is 5.02 Å². The highest BCUT2D eigenvalue weighted by Gasteiger charge is 2.23. The van der Waals surface area contributed by atoms with Gasteiger partial charge in [-0.15, -0.1) is 0 Å². The van der Waals surface area contributed by atoms with E-state index in [1.807, 2.05) is 30.3 Å². The SMILES string of the molecule is O[C@@H]1CC[C@H](Nc2cc(-c3cccc(NCc4cccc(F)c4)n3)c(Cl)cn2)C1. The van der Waals surface area contributed by atoms with Crippen molar-refractivity contribution in [2.24, 2.45) is 0 Å². The van der Waals surface area contributed by atoms with Gasteiger partial charge in [-0.3, -0.25) is 0 Å². The summed E-state index contributed by atoms with van der Waals surface area (Å²) >= 11 is 6.38.